The van der Waals surface area contributed by atoms with E-state index in [2.05, 4.69) is 41.1 Å². The van der Waals surface area contributed by atoms with Crippen molar-refractivity contribution in [2.45, 2.75) is 52.1 Å². The van der Waals surface area contributed by atoms with Crippen molar-refractivity contribution in [1.82, 2.24) is 10.2 Å². The Balaban J connectivity index is 1.30. The van der Waals surface area contributed by atoms with Crippen LogP contribution in [0.3, 0.4) is 0 Å². The van der Waals surface area contributed by atoms with Crippen LogP contribution in [0.4, 0.5) is 0 Å². The van der Waals surface area contributed by atoms with Crippen molar-refractivity contribution in [3.05, 3.63) is 87.8 Å². The van der Waals surface area contributed by atoms with E-state index in [1.807, 2.05) is 32.0 Å². The van der Waals surface area contributed by atoms with Gasteiger partial charge in [-0.05, 0) is 61.9 Å². The molecule has 0 saturated carbocycles. The van der Waals surface area contributed by atoms with E-state index >= 15 is 0 Å². The molecular formula is C29H34N2O4. The quantitative estimate of drug-likeness (QED) is 0.357. The summed E-state index contributed by atoms with van der Waals surface area (Å²) in [7, 11) is 0. The average molecular weight is 475 g/mol. The molecule has 4 rings (SSSR count). The molecule has 6 heteroatoms. The van der Waals surface area contributed by atoms with Crippen LogP contribution in [-0.4, -0.2) is 36.5 Å². The Morgan fingerprint density at radius 2 is 1.91 bits per heavy atom. The first-order valence-corrected chi connectivity index (χ1v) is 12.3. The Labute approximate surface area is 206 Å². The molecule has 0 atom stereocenters. The minimum absolute atomic E-state index is 0.0195. The molecule has 0 spiro atoms. The second-order valence-electron chi connectivity index (χ2n) is 9.50. The van der Waals surface area contributed by atoms with E-state index in [1.54, 1.807) is 6.07 Å². The molecule has 0 bridgehead atoms. The predicted octanol–water partition coefficient (Wildman–Crippen LogP) is 4.77. The highest BCUT2D eigenvalue weighted by atomic mass is 16.5. The van der Waals surface area contributed by atoms with Crippen LogP contribution in [0.5, 0.6) is 5.75 Å². The predicted molar refractivity (Wildman–Crippen MR) is 139 cm³/mol. The molecule has 1 aliphatic rings. The van der Waals surface area contributed by atoms with Gasteiger partial charge < -0.3 is 14.5 Å². The van der Waals surface area contributed by atoms with Gasteiger partial charge in [0.2, 0.25) is 5.91 Å². The number of rotatable bonds is 9. The monoisotopic (exact) mass is 474 g/mol. The van der Waals surface area contributed by atoms with E-state index < -0.39 is 5.63 Å². The van der Waals surface area contributed by atoms with Crippen LogP contribution in [0.1, 0.15) is 42.9 Å². The smallest absolute Gasteiger partial charge is 0.339 e. The lowest BCUT2D eigenvalue weighted by molar-refractivity contribution is -0.122. The van der Waals surface area contributed by atoms with Gasteiger partial charge in [0.25, 0.3) is 0 Å². The van der Waals surface area contributed by atoms with Gasteiger partial charge in [0.1, 0.15) is 17.9 Å². The number of amides is 1. The molecule has 1 saturated heterocycles. The zero-order valence-corrected chi connectivity index (χ0v) is 20.6. The number of hydrogen-bond acceptors (Lipinski definition) is 5. The maximum atomic E-state index is 12.7. The summed E-state index contributed by atoms with van der Waals surface area (Å²) in [5.41, 5.74) is 3.73. The number of hydrogen-bond donors (Lipinski definition) is 1. The molecular weight excluding hydrogens is 440 g/mol. The number of piperidine rings is 1. The molecule has 1 aromatic heterocycles. The minimum atomic E-state index is -0.394. The van der Waals surface area contributed by atoms with Crippen molar-refractivity contribution < 1.29 is 13.9 Å². The average Bonchev–Trinajstić information content (AvgIpc) is 2.84. The molecule has 2 aromatic carbocycles. The van der Waals surface area contributed by atoms with Crippen LogP contribution in [-0.2, 0) is 17.8 Å². The van der Waals surface area contributed by atoms with Gasteiger partial charge >= 0.3 is 5.63 Å². The SMILES string of the molecule is C=C(C)COc1ccc2c(C)c(CCC(=O)NC3CCN(Cc4ccccc4)CC3)c(=O)oc2c1. The lowest BCUT2D eigenvalue weighted by atomic mass is 10.0. The number of likely N-dealkylation sites (tertiary alicyclic amines) is 1. The molecule has 0 unspecified atom stereocenters. The number of aryl methyl sites for hydroxylation is 1. The lowest BCUT2D eigenvalue weighted by Gasteiger charge is -2.32. The molecule has 0 radical (unpaired) electrons. The summed E-state index contributed by atoms with van der Waals surface area (Å²) in [6, 6.07) is 16.1. The second kappa shape index (κ2) is 11.4. The number of carbonyl (C=O) groups is 1. The van der Waals surface area contributed by atoms with Gasteiger partial charge in [-0.2, -0.15) is 0 Å². The largest absolute Gasteiger partial charge is 0.489 e. The number of benzene rings is 2. The molecule has 0 aliphatic carbocycles. The molecule has 1 amide bonds. The zero-order valence-electron chi connectivity index (χ0n) is 20.6. The van der Waals surface area contributed by atoms with Crippen LogP contribution in [0.25, 0.3) is 11.0 Å². The number of carbonyl (C=O) groups excluding carboxylic acids is 1. The molecule has 1 N–H and O–H groups in total. The molecule has 2 heterocycles. The first-order valence-electron chi connectivity index (χ1n) is 12.3. The minimum Gasteiger partial charge on any atom is -0.489 e. The van der Waals surface area contributed by atoms with Crippen molar-refractivity contribution in [3.8, 4) is 5.75 Å². The fourth-order valence-corrected chi connectivity index (χ4v) is 4.58. The van der Waals surface area contributed by atoms with Gasteiger partial charge in [0, 0.05) is 49.1 Å². The van der Waals surface area contributed by atoms with Crippen molar-refractivity contribution in [2.24, 2.45) is 0 Å². The number of ether oxygens (including phenoxy) is 1. The van der Waals surface area contributed by atoms with Gasteiger partial charge in [-0.1, -0.05) is 36.9 Å². The topological polar surface area (TPSA) is 71.8 Å². The summed E-state index contributed by atoms with van der Waals surface area (Å²) in [4.78, 5) is 27.7. The van der Waals surface area contributed by atoms with Gasteiger partial charge in [0.05, 0.1) is 0 Å². The third-order valence-corrected chi connectivity index (χ3v) is 6.55. The highest BCUT2D eigenvalue weighted by molar-refractivity contribution is 5.82. The second-order valence-corrected chi connectivity index (χ2v) is 9.50. The van der Waals surface area contributed by atoms with Crippen molar-refractivity contribution >= 4 is 16.9 Å². The van der Waals surface area contributed by atoms with Crippen LogP contribution in [0.15, 0.2) is 69.9 Å². The van der Waals surface area contributed by atoms with Crippen LogP contribution in [0.2, 0.25) is 0 Å². The number of nitrogens with zero attached hydrogens (tertiary/aromatic N) is 1. The Morgan fingerprint density at radius 1 is 1.17 bits per heavy atom. The summed E-state index contributed by atoms with van der Waals surface area (Å²) in [6.45, 7) is 10.9. The fraction of sp³-hybridized carbons (Fsp3) is 0.379. The van der Waals surface area contributed by atoms with E-state index in [4.69, 9.17) is 9.15 Å². The first kappa shape index (κ1) is 24.7. The summed E-state index contributed by atoms with van der Waals surface area (Å²) in [5, 5.41) is 4.01. The number of fused-ring (bicyclic) bond motifs is 1. The zero-order chi connectivity index (χ0) is 24.8. The van der Waals surface area contributed by atoms with E-state index in [9.17, 15) is 9.59 Å². The third-order valence-electron chi connectivity index (χ3n) is 6.55. The van der Waals surface area contributed by atoms with Crippen molar-refractivity contribution in [3.63, 3.8) is 0 Å². The summed E-state index contributed by atoms with van der Waals surface area (Å²) in [6.07, 6.45) is 2.49. The van der Waals surface area contributed by atoms with Gasteiger partial charge in [0.15, 0.2) is 0 Å². The maximum Gasteiger partial charge on any atom is 0.339 e. The standard InChI is InChI=1S/C29H34N2O4/c1-20(2)19-34-24-9-10-25-21(3)26(29(33)35-27(25)17-24)11-12-28(32)30-23-13-15-31(16-14-23)18-22-7-5-4-6-8-22/h4-10,17,23H,1,11-16,18-19H2,2-3H3,(H,30,32). The Hall–Kier alpha value is -3.38. The van der Waals surface area contributed by atoms with Gasteiger partial charge in [-0.25, -0.2) is 4.79 Å². The molecule has 6 nitrogen and oxygen atoms in total. The first-order chi connectivity index (χ1) is 16.9. The van der Waals surface area contributed by atoms with E-state index in [-0.39, 0.29) is 18.4 Å². The Kier molecular flexibility index (Phi) is 8.03. The molecule has 1 aliphatic heterocycles. The van der Waals surface area contributed by atoms with Crippen molar-refractivity contribution in [1.29, 1.82) is 0 Å². The van der Waals surface area contributed by atoms with E-state index in [1.165, 1.54) is 5.56 Å². The maximum absolute atomic E-state index is 12.7. The molecule has 184 valence electrons. The van der Waals surface area contributed by atoms with E-state index in [0.717, 1.165) is 49.0 Å². The molecule has 3 aromatic rings. The third kappa shape index (κ3) is 6.61. The number of nitrogens with one attached hydrogen (secondary N) is 1. The summed E-state index contributed by atoms with van der Waals surface area (Å²) >= 11 is 0. The normalized spacial score (nSPS) is 14.7. The van der Waals surface area contributed by atoms with Gasteiger partial charge in [-0.3, -0.25) is 9.69 Å². The van der Waals surface area contributed by atoms with Gasteiger partial charge in [-0.15, -0.1) is 0 Å². The summed E-state index contributed by atoms with van der Waals surface area (Å²) < 4.78 is 11.2. The fourth-order valence-electron chi connectivity index (χ4n) is 4.58. The van der Waals surface area contributed by atoms with Crippen LogP contribution < -0.4 is 15.7 Å². The van der Waals surface area contributed by atoms with Crippen molar-refractivity contribution in [2.75, 3.05) is 19.7 Å². The van der Waals surface area contributed by atoms with Crippen LogP contribution >= 0.6 is 0 Å². The highest BCUT2D eigenvalue weighted by Gasteiger charge is 2.21. The Morgan fingerprint density at radius 3 is 2.63 bits per heavy atom. The molecule has 35 heavy (non-hydrogen) atoms. The van der Waals surface area contributed by atoms with Crippen LogP contribution in [0, 0.1) is 6.92 Å². The lowest BCUT2D eigenvalue weighted by Crippen LogP contribution is -2.44. The Bertz CT molecular complexity index is 1240. The molecule has 1 fully saturated rings. The summed E-state index contributed by atoms with van der Waals surface area (Å²) in [5.74, 6) is 0.610. The highest BCUT2D eigenvalue weighted by Crippen LogP contribution is 2.25. The van der Waals surface area contributed by atoms with E-state index in [0.29, 0.717) is 29.9 Å².